The molecule has 1 aromatic carbocycles. The summed E-state index contributed by atoms with van der Waals surface area (Å²) in [5, 5.41) is 3.15. The van der Waals surface area contributed by atoms with Gasteiger partial charge >= 0.3 is 0 Å². The quantitative estimate of drug-likeness (QED) is 0.862. The molecule has 0 radical (unpaired) electrons. The first-order valence-electron chi connectivity index (χ1n) is 6.90. The number of amides is 1. The van der Waals surface area contributed by atoms with E-state index in [1.807, 2.05) is 6.07 Å². The van der Waals surface area contributed by atoms with Gasteiger partial charge in [-0.25, -0.2) is 0 Å². The van der Waals surface area contributed by atoms with E-state index >= 15 is 0 Å². The van der Waals surface area contributed by atoms with E-state index in [0.29, 0.717) is 18.6 Å². The molecule has 1 aromatic rings. The average Bonchev–Trinajstić information content (AvgIpc) is 2.40. The van der Waals surface area contributed by atoms with Crippen molar-refractivity contribution < 1.29 is 4.79 Å². The van der Waals surface area contributed by atoms with E-state index in [1.165, 1.54) is 24.8 Å². The predicted molar refractivity (Wildman–Crippen MR) is 71.0 cm³/mol. The Kier molecular flexibility index (Phi) is 3.33. The lowest BCUT2D eigenvalue weighted by Gasteiger charge is -2.44. The summed E-state index contributed by atoms with van der Waals surface area (Å²) in [7, 11) is 0. The maximum absolute atomic E-state index is 11.8. The molecular weight excluding hydrogens is 224 g/mol. The van der Waals surface area contributed by atoms with Crippen LogP contribution in [0.1, 0.15) is 31.2 Å². The molecule has 1 amide bonds. The smallest absolute Gasteiger partial charge is 0.234 e. The van der Waals surface area contributed by atoms with Crippen molar-refractivity contribution >= 4 is 5.91 Å². The molecule has 1 aliphatic carbocycles. The lowest BCUT2D eigenvalue weighted by Crippen LogP contribution is -2.61. The summed E-state index contributed by atoms with van der Waals surface area (Å²) in [5.41, 5.74) is 1.30. The van der Waals surface area contributed by atoms with Crippen LogP contribution in [0.4, 0.5) is 0 Å². The maximum Gasteiger partial charge on any atom is 0.234 e. The molecular formula is C15H20N2O. The van der Waals surface area contributed by atoms with Crippen LogP contribution < -0.4 is 5.32 Å². The van der Waals surface area contributed by atoms with E-state index in [0.717, 1.165) is 13.0 Å². The minimum absolute atomic E-state index is 0.189. The number of rotatable bonds is 2. The Hall–Kier alpha value is -1.35. The molecule has 0 bridgehead atoms. The van der Waals surface area contributed by atoms with E-state index < -0.39 is 0 Å². The van der Waals surface area contributed by atoms with Crippen molar-refractivity contribution in [2.24, 2.45) is 0 Å². The van der Waals surface area contributed by atoms with Gasteiger partial charge < -0.3 is 5.32 Å². The van der Waals surface area contributed by atoms with Crippen LogP contribution in [0.2, 0.25) is 0 Å². The number of hydrogen-bond acceptors (Lipinski definition) is 2. The highest BCUT2D eigenvalue weighted by Gasteiger charge is 2.35. The van der Waals surface area contributed by atoms with Gasteiger partial charge in [0.15, 0.2) is 0 Å². The summed E-state index contributed by atoms with van der Waals surface area (Å²) in [4.78, 5) is 14.1. The van der Waals surface area contributed by atoms with Crippen LogP contribution >= 0.6 is 0 Å². The van der Waals surface area contributed by atoms with Crippen LogP contribution in [-0.2, 0) is 11.3 Å². The zero-order chi connectivity index (χ0) is 12.4. The van der Waals surface area contributed by atoms with E-state index in [2.05, 4.69) is 34.5 Å². The number of fused-ring (bicyclic) bond motifs is 1. The van der Waals surface area contributed by atoms with Gasteiger partial charge in [0, 0.05) is 18.6 Å². The molecule has 18 heavy (non-hydrogen) atoms. The predicted octanol–water partition coefficient (Wildman–Crippen LogP) is 1.93. The summed E-state index contributed by atoms with van der Waals surface area (Å²) in [6.07, 6.45) is 4.91. The normalized spacial score (nSPS) is 28.6. The Morgan fingerprint density at radius 3 is 2.78 bits per heavy atom. The van der Waals surface area contributed by atoms with Crippen LogP contribution in [-0.4, -0.2) is 29.4 Å². The summed E-state index contributed by atoms with van der Waals surface area (Å²) >= 11 is 0. The third kappa shape index (κ3) is 2.41. The van der Waals surface area contributed by atoms with Crippen molar-refractivity contribution in [3.05, 3.63) is 35.9 Å². The zero-order valence-electron chi connectivity index (χ0n) is 10.6. The molecule has 96 valence electrons. The molecule has 1 heterocycles. The zero-order valence-corrected chi connectivity index (χ0v) is 10.6. The fourth-order valence-electron chi connectivity index (χ4n) is 3.26. The van der Waals surface area contributed by atoms with Crippen molar-refractivity contribution in [1.29, 1.82) is 0 Å². The molecule has 1 saturated carbocycles. The topological polar surface area (TPSA) is 32.3 Å². The highest BCUT2D eigenvalue weighted by Crippen LogP contribution is 2.26. The molecule has 3 nitrogen and oxygen atoms in total. The SMILES string of the molecule is O=C1CN(Cc2ccccc2)[C@@H]2CCCC[C@H]2N1. The molecule has 1 aliphatic heterocycles. The Morgan fingerprint density at radius 1 is 1.17 bits per heavy atom. The summed E-state index contributed by atoms with van der Waals surface area (Å²) in [6, 6.07) is 11.4. The summed E-state index contributed by atoms with van der Waals surface area (Å²) < 4.78 is 0. The monoisotopic (exact) mass is 244 g/mol. The third-order valence-corrected chi connectivity index (χ3v) is 4.12. The molecule has 0 spiro atoms. The van der Waals surface area contributed by atoms with Gasteiger partial charge in [-0.05, 0) is 18.4 Å². The Labute approximate surface area is 108 Å². The number of carbonyl (C=O) groups excluding carboxylic acids is 1. The van der Waals surface area contributed by atoms with Gasteiger partial charge in [0.05, 0.1) is 6.54 Å². The number of nitrogens with one attached hydrogen (secondary N) is 1. The summed E-state index contributed by atoms with van der Waals surface area (Å²) in [5.74, 6) is 0.189. The Morgan fingerprint density at radius 2 is 1.94 bits per heavy atom. The number of benzene rings is 1. The number of piperazine rings is 1. The number of hydrogen-bond donors (Lipinski definition) is 1. The minimum Gasteiger partial charge on any atom is -0.351 e. The maximum atomic E-state index is 11.8. The van der Waals surface area contributed by atoms with Crippen LogP contribution in [0, 0.1) is 0 Å². The highest BCUT2D eigenvalue weighted by atomic mass is 16.2. The molecule has 3 heteroatoms. The van der Waals surface area contributed by atoms with Crippen LogP contribution in [0.5, 0.6) is 0 Å². The second-order valence-electron chi connectivity index (χ2n) is 5.42. The van der Waals surface area contributed by atoms with Crippen LogP contribution in [0.15, 0.2) is 30.3 Å². The van der Waals surface area contributed by atoms with Crippen LogP contribution in [0.25, 0.3) is 0 Å². The number of carbonyl (C=O) groups is 1. The molecule has 1 N–H and O–H groups in total. The van der Waals surface area contributed by atoms with Gasteiger partial charge in [-0.1, -0.05) is 43.2 Å². The fourth-order valence-corrected chi connectivity index (χ4v) is 3.26. The van der Waals surface area contributed by atoms with E-state index in [9.17, 15) is 4.79 Å². The Balaban J connectivity index is 1.74. The van der Waals surface area contributed by atoms with Crippen molar-refractivity contribution in [2.75, 3.05) is 6.54 Å². The molecule has 2 aliphatic rings. The standard InChI is InChI=1S/C15H20N2O/c18-15-11-17(10-12-6-2-1-3-7-12)14-9-5-4-8-13(14)16-15/h1-3,6-7,13-14H,4-5,8-11H2,(H,16,18)/t13-,14-/m1/s1. The van der Waals surface area contributed by atoms with Crippen LogP contribution in [0.3, 0.4) is 0 Å². The molecule has 3 rings (SSSR count). The van der Waals surface area contributed by atoms with E-state index in [-0.39, 0.29) is 5.91 Å². The van der Waals surface area contributed by atoms with Gasteiger partial charge in [0.1, 0.15) is 0 Å². The second kappa shape index (κ2) is 5.11. The van der Waals surface area contributed by atoms with Gasteiger partial charge in [0.25, 0.3) is 0 Å². The largest absolute Gasteiger partial charge is 0.351 e. The van der Waals surface area contributed by atoms with E-state index in [1.54, 1.807) is 0 Å². The molecule has 0 unspecified atom stereocenters. The number of nitrogens with zero attached hydrogens (tertiary/aromatic N) is 1. The minimum atomic E-state index is 0.189. The molecule has 2 atom stereocenters. The lowest BCUT2D eigenvalue weighted by atomic mass is 9.87. The van der Waals surface area contributed by atoms with E-state index in [4.69, 9.17) is 0 Å². The second-order valence-corrected chi connectivity index (χ2v) is 5.42. The fraction of sp³-hybridized carbons (Fsp3) is 0.533. The summed E-state index contributed by atoms with van der Waals surface area (Å²) in [6.45, 7) is 1.45. The van der Waals surface area contributed by atoms with Gasteiger partial charge in [-0.2, -0.15) is 0 Å². The molecule has 2 fully saturated rings. The first-order valence-corrected chi connectivity index (χ1v) is 6.90. The molecule has 1 saturated heterocycles. The van der Waals surface area contributed by atoms with Gasteiger partial charge in [0.2, 0.25) is 5.91 Å². The average molecular weight is 244 g/mol. The lowest BCUT2D eigenvalue weighted by molar-refractivity contribution is -0.128. The van der Waals surface area contributed by atoms with Crippen molar-refractivity contribution in [2.45, 2.75) is 44.3 Å². The van der Waals surface area contributed by atoms with Gasteiger partial charge in [-0.3, -0.25) is 9.69 Å². The van der Waals surface area contributed by atoms with Crippen molar-refractivity contribution in [3.63, 3.8) is 0 Å². The first-order chi connectivity index (χ1) is 8.83. The molecule has 0 aromatic heterocycles. The third-order valence-electron chi connectivity index (χ3n) is 4.12. The van der Waals surface area contributed by atoms with Gasteiger partial charge in [-0.15, -0.1) is 0 Å². The Bertz CT molecular complexity index is 418. The van der Waals surface area contributed by atoms with Crippen molar-refractivity contribution in [3.8, 4) is 0 Å². The highest BCUT2D eigenvalue weighted by molar-refractivity contribution is 5.79. The van der Waals surface area contributed by atoms with Crippen molar-refractivity contribution in [1.82, 2.24) is 10.2 Å². The first kappa shape index (κ1) is 11.7.